The van der Waals surface area contributed by atoms with Crippen LogP contribution in [0.15, 0.2) is 73.3 Å². The van der Waals surface area contributed by atoms with E-state index in [0.29, 0.717) is 28.5 Å². The van der Waals surface area contributed by atoms with Crippen molar-refractivity contribution in [2.24, 2.45) is 0 Å². The van der Waals surface area contributed by atoms with Gasteiger partial charge in [-0.25, -0.2) is 9.67 Å². The maximum absolute atomic E-state index is 13.9. The Bertz CT molecular complexity index is 1690. The number of fused-ring (bicyclic) bond motifs is 7. The van der Waals surface area contributed by atoms with Crippen molar-refractivity contribution < 1.29 is 33.3 Å². The molecule has 0 radical (unpaired) electrons. The van der Waals surface area contributed by atoms with Crippen LogP contribution in [0.4, 0.5) is 0 Å². The Hall–Kier alpha value is -5.59. The molecule has 4 heterocycles. The number of carbonyl (C=O) groups excluding carboxylic acids is 3. The highest BCUT2D eigenvalue weighted by atomic mass is 16.5. The van der Waals surface area contributed by atoms with Crippen LogP contribution in [0.2, 0.25) is 0 Å². The molecule has 0 aliphatic carbocycles. The number of benzene rings is 3. The fourth-order valence-corrected chi connectivity index (χ4v) is 5.22. The molecule has 3 aliphatic heterocycles. The van der Waals surface area contributed by atoms with Crippen molar-refractivity contribution in [2.45, 2.75) is 18.7 Å². The van der Waals surface area contributed by atoms with E-state index in [1.807, 2.05) is 6.07 Å². The number of carbonyl (C=O) groups is 3. The first-order valence-electron chi connectivity index (χ1n) is 13.9. The summed E-state index contributed by atoms with van der Waals surface area (Å²) in [6.45, 7) is 0.314. The standard InChI is InChI=1S/C31H30N6O7/c1-41-22-9-20-10-23(11-22)43-16-29(38)33-13-19-7-8-21(12-27(19)42-2)44-28-15-36(14-25(28)35-30(20)39)31(40)24-5-3-4-6-26(24)37-18-32-17-34-37/h3-12,17-18,25,28H,13-16H2,1-2H3,(H,33,38)(H,35,39)/t25-,28-/m0/s1. The first-order valence-corrected chi connectivity index (χ1v) is 13.9. The number of amides is 3. The molecule has 13 nitrogen and oxygen atoms in total. The third-order valence-electron chi connectivity index (χ3n) is 7.44. The van der Waals surface area contributed by atoms with Gasteiger partial charge in [0.2, 0.25) is 0 Å². The second-order valence-corrected chi connectivity index (χ2v) is 10.2. The van der Waals surface area contributed by atoms with Crippen LogP contribution in [0.5, 0.6) is 23.0 Å². The van der Waals surface area contributed by atoms with Gasteiger partial charge >= 0.3 is 0 Å². The average molecular weight is 599 g/mol. The molecule has 1 aromatic heterocycles. The third kappa shape index (κ3) is 5.98. The van der Waals surface area contributed by atoms with E-state index < -0.39 is 18.1 Å². The number of rotatable bonds is 4. The highest BCUT2D eigenvalue weighted by Crippen LogP contribution is 2.29. The molecule has 4 bridgehead atoms. The summed E-state index contributed by atoms with van der Waals surface area (Å²) in [5, 5.41) is 10.0. The van der Waals surface area contributed by atoms with Gasteiger partial charge in [-0.15, -0.1) is 0 Å². The molecule has 1 saturated heterocycles. The Morgan fingerprint density at radius 1 is 1.00 bits per heavy atom. The Morgan fingerprint density at radius 2 is 1.86 bits per heavy atom. The maximum atomic E-state index is 13.9. The smallest absolute Gasteiger partial charge is 0.258 e. The van der Waals surface area contributed by atoms with E-state index in [4.69, 9.17) is 18.9 Å². The monoisotopic (exact) mass is 598 g/mol. The average Bonchev–Trinajstić information content (AvgIpc) is 3.73. The lowest BCUT2D eigenvalue weighted by Crippen LogP contribution is -2.45. The zero-order valence-electron chi connectivity index (χ0n) is 24.1. The lowest BCUT2D eigenvalue weighted by Gasteiger charge is -2.22. The van der Waals surface area contributed by atoms with Gasteiger partial charge in [-0.05, 0) is 36.4 Å². The molecule has 0 unspecified atom stereocenters. The zero-order chi connectivity index (χ0) is 30.6. The predicted octanol–water partition coefficient (Wildman–Crippen LogP) is 2.00. The van der Waals surface area contributed by atoms with Crippen molar-refractivity contribution in [1.29, 1.82) is 0 Å². The van der Waals surface area contributed by atoms with Gasteiger partial charge in [0.15, 0.2) is 6.61 Å². The molecular formula is C31H30N6O7. The number of nitrogens with one attached hydrogen (secondary N) is 2. The summed E-state index contributed by atoms with van der Waals surface area (Å²) in [6.07, 6.45) is 2.32. The molecule has 0 spiro atoms. The SMILES string of the molecule is COc1cc2cc(c1)C(=O)N[C@H]1CN(C(=O)c3ccccc3-n3cncn3)C[C@@H]1Oc1ccc(c(OC)c1)CNC(=O)CO2. The number of hydrogen-bond acceptors (Lipinski definition) is 9. The van der Waals surface area contributed by atoms with Gasteiger partial charge in [0.1, 0.15) is 41.8 Å². The molecule has 4 aromatic rings. The van der Waals surface area contributed by atoms with Crippen LogP contribution in [-0.4, -0.2) is 83.4 Å². The van der Waals surface area contributed by atoms with E-state index in [9.17, 15) is 14.4 Å². The van der Waals surface area contributed by atoms with Gasteiger partial charge < -0.3 is 34.5 Å². The van der Waals surface area contributed by atoms with Crippen molar-refractivity contribution in [3.05, 3.63) is 90.0 Å². The Balaban J connectivity index is 1.34. The first-order chi connectivity index (χ1) is 21.4. The van der Waals surface area contributed by atoms with Crippen LogP contribution in [0.1, 0.15) is 26.3 Å². The van der Waals surface area contributed by atoms with Crippen molar-refractivity contribution >= 4 is 17.7 Å². The van der Waals surface area contributed by atoms with Crippen LogP contribution >= 0.6 is 0 Å². The molecule has 13 heteroatoms. The Morgan fingerprint density at radius 3 is 2.66 bits per heavy atom. The minimum Gasteiger partial charge on any atom is -0.497 e. The molecule has 0 saturated carbocycles. The minimum absolute atomic E-state index is 0.182. The topological polar surface area (TPSA) is 146 Å². The second-order valence-electron chi connectivity index (χ2n) is 10.2. The fourth-order valence-electron chi connectivity index (χ4n) is 5.22. The zero-order valence-corrected chi connectivity index (χ0v) is 24.1. The number of methoxy groups -OCH3 is 2. The van der Waals surface area contributed by atoms with E-state index in [0.717, 1.165) is 5.56 Å². The van der Waals surface area contributed by atoms with E-state index in [-0.39, 0.29) is 49.4 Å². The summed E-state index contributed by atoms with van der Waals surface area (Å²) in [6, 6.07) is 16.5. The molecule has 44 heavy (non-hydrogen) atoms. The van der Waals surface area contributed by atoms with E-state index in [1.165, 1.54) is 37.6 Å². The van der Waals surface area contributed by atoms with Gasteiger partial charge in [-0.2, -0.15) is 5.10 Å². The summed E-state index contributed by atoms with van der Waals surface area (Å²) >= 11 is 0. The van der Waals surface area contributed by atoms with Crippen LogP contribution in [0.3, 0.4) is 0 Å². The highest BCUT2D eigenvalue weighted by molar-refractivity contribution is 5.98. The van der Waals surface area contributed by atoms with Gasteiger partial charge in [0.05, 0.1) is 38.1 Å². The van der Waals surface area contributed by atoms with Crippen LogP contribution in [0.25, 0.3) is 5.69 Å². The lowest BCUT2D eigenvalue weighted by molar-refractivity contribution is -0.123. The van der Waals surface area contributed by atoms with Crippen molar-refractivity contribution in [1.82, 2.24) is 30.3 Å². The van der Waals surface area contributed by atoms with Gasteiger partial charge in [-0.3, -0.25) is 14.4 Å². The number of nitrogens with zero attached hydrogens (tertiary/aromatic N) is 4. The minimum atomic E-state index is -0.603. The summed E-state index contributed by atoms with van der Waals surface area (Å²) in [7, 11) is 3.00. The molecule has 3 aliphatic rings. The Labute approximate surface area is 252 Å². The second kappa shape index (κ2) is 12.3. The first kappa shape index (κ1) is 28.5. The molecule has 7 rings (SSSR count). The number of hydrogen-bond donors (Lipinski definition) is 2. The van der Waals surface area contributed by atoms with Crippen LogP contribution in [0, 0.1) is 0 Å². The summed E-state index contributed by atoms with van der Waals surface area (Å²) in [5.41, 5.74) is 2.01. The van der Waals surface area contributed by atoms with E-state index in [2.05, 4.69) is 20.7 Å². The van der Waals surface area contributed by atoms with Gasteiger partial charge in [-0.1, -0.05) is 12.1 Å². The number of para-hydroxylation sites is 1. The normalized spacial score (nSPS) is 18.3. The number of aromatic nitrogens is 3. The van der Waals surface area contributed by atoms with Crippen molar-refractivity contribution in [2.75, 3.05) is 33.9 Å². The Kier molecular flexibility index (Phi) is 8.00. The van der Waals surface area contributed by atoms with Crippen molar-refractivity contribution in [3.63, 3.8) is 0 Å². The van der Waals surface area contributed by atoms with Crippen LogP contribution < -0.4 is 29.6 Å². The maximum Gasteiger partial charge on any atom is 0.258 e. The van der Waals surface area contributed by atoms with E-state index in [1.54, 1.807) is 53.4 Å². The van der Waals surface area contributed by atoms with Gasteiger partial charge in [0.25, 0.3) is 17.7 Å². The molecule has 3 amide bonds. The summed E-state index contributed by atoms with van der Waals surface area (Å²) in [5.74, 6) is 0.642. The van der Waals surface area contributed by atoms with Gasteiger partial charge in [0, 0.05) is 36.3 Å². The highest BCUT2D eigenvalue weighted by Gasteiger charge is 2.39. The molecular weight excluding hydrogens is 568 g/mol. The number of ether oxygens (including phenoxy) is 4. The third-order valence-corrected chi connectivity index (χ3v) is 7.44. The summed E-state index contributed by atoms with van der Waals surface area (Å²) in [4.78, 5) is 45.6. The molecule has 226 valence electrons. The van der Waals surface area contributed by atoms with E-state index >= 15 is 0 Å². The fraction of sp³-hybridized carbons (Fsp3) is 0.258. The molecule has 2 atom stereocenters. The number of likely N-dealkylation sites (tertiary alicyclic amines) is 1. The molecule has 3 aromatic carbocycles. The quantitative estimate of drug-likeness (QED) is 0.360. The molecule has 1 fully saturated rings. The molecule has 2 N–H and O–H groups in total. The predicted molar refractivity (Wildman–Crippen MR) is 156 cm³/mol. The summed E-state index contributed by atoms with van der Waals surface area (Å²) < 4.78 is 24.6. The lowest BCUT2D eigenvalue weighted by atomic mass is 10.1. The van der Waals surface area contributed by atoms with Crippen LogP contribution in [-0.2, 0) is 11.3 Å². The largest absolute Gasteiger partial charge is 0.497 e. The van der Waals surface area contributed by atoms with Crippen molar-refractivity contribution in [3.8, 4) is 28.7 Å².